The molecule has 9 heteroatoms. The number of carbonyl (C=O) groups excluding carboxylic acids is 2. The summed E-state index contributed by atoms with van der Waals surface area (Å²) in [7, 11) is 0. The van der Waals surface area contributed by atoms with E-state index in [2.05, 4.69) is 5.32 Å². The molecule has 158 valence electrons. The summed E-state index contributed by atoms with van der Waals surface area (Å²) in [5, 5.41) is 12.5. The molecule has 1 fully saturated rings. The Labute approximate surface area is 184 Å². The van der Waals surface area contributed by atoms with E-state index < -0.39 is 12.0 Å². The van der Waals surface area contributed by atoms with Crippen molar-refractivity contribution in [2.75, 3.05) is 19.3 Å². The van der Waals surface area contributed by atoms with Crippen molar-refractivity contribution in [3.8, 4) is 0 Å². The van der Waals surface area contributed by atoms with Gasteiger partial charge in [-0.1, -0.05) is 36.2 Å². The molecule has 1 aliphatic rings. The first-order chi connectivity index (χ1) is 13.8. The van der Waals surface area contributed by atoms with Crippen molar-refractivity contribution in [1.29, 1.82) is 0 Å². The lowest BCUT2D eigenvalue weighted by atomic mass is 9.95. The molecule has 1 aromatic carbocycles. The van der Waals surface area contributed by atoms with Gasteiger partial charge in [0.1, 0.15) is 6.04 Å². The number of benzene rings is 1. The summed E-state index contributed by atoms with van der Waals surface area (Å²) in [5.74, 6) is -1.76. The molecule has 0 radical (unpaired) electrons. The molecule has 2 amide bonds. The highest BCUT2D eigenvalue weighted by Gasteiger charge is 2.29. The summed E-state index contributed by atoms with van der Waals surface area (Å²) < 4.78 is 0. The Kier molecular flexibility index (Phi) is 8.86. The first-order valence-electron chi connectivity index (χ1n) is 9.30. The maximum atomic E-state index is 12.5. The lowest BCUT2D eigenvalue weighted by Gasteiger charge is -2.31. The molecule has 0 spiro atoms. The van der Waals surface area contributed by atoms with Gasteiger partial charge in [0, 0.05) is 30.0 Å². The van der Waals surface area contributed by atoms with Crippen molar-refractivity contribution in [2.24, 2.45) is 5.92 Å². The van der Waals surface area contributed by atoms with Crippen LogP contribution in [0.25, 0.3) is 6.08 Å². The second kappa shape index (κ2) is 10.9. The fourth-order valence-electron chi connectivity index (χ4n) is 3.09. The number of carboxylic acids is 1. The Bertz CT molecular complexity index is 808. The number of halogens is 2. The Morgan fingerprint density at radius 1 is 1.28 bits per heavy atom. The van der Waals surface area contributed by atoms with Gasteiger partial charge in [-0.25, -0.2) is 4.79 Å². The number of amides is 2. The zero-order valence-electron chi connectivity index (χ0n) is 16.3. The first-order valence-corrected chi connectivity index (χ1v) is 11.3. The molecule has 1 saturated heterocycles. The number of nitrogens with one attached hydrogen (secondary N) is 1. The SMILES string of the molecule is CCC(NC(=O)C1CCN(C(=O)C=Cc2ccc(SC)c(Cl)c2Cl)CC1)C(=O)O. The van der Waals surface area contributed by atoms with Crippen LogP contribution in [0.3, 0.4) is 0 Å². The molecule has 0 aliphatic carbocycles. The van der Waals surface area contributed by atoms with E-state index in [0.29, 0.717) is 48.0 Å². The van der Waals surface area contributed by atoms with Crippen LogP contribution in [0, 0.1) is 5.92 Å². The summed E-state index contributed by atoms with van der Waals surface area (Å²) in [4.78, 5) is 38.3. The molecule has 0 saturated carbocycles. The highest BCUT2D eigenvalue weighted by atomic mass is 35.5. The molecule has 1 aromatic rings. The van der Waals surface area contributed by atoms with Gasteiger partial charge in [-0.3, -0.25) is 9.59 Å². The van der Waals surface area contributed by atoms with Gasteiger partial charge in [0.05, 0.1) is 10.0 Å². The van der Waals surface area contributed by atoms with Crippen LogP contribution in [0.5, 0.6) is 0 Å². The molecule has 1 heterocycles. The van der Waals surface area contributed by atoms with Crippen LogP contribution in [-0.4, -0.2) is 53.2 Å². The van der Waals surface area contributed by atoms with E-state index in [1.54, 1.807) is 17.9 Å². The van der Waals surface area contributed by atoms with Gasteiger partial charge >= 0.3 is 5.97 Å². The average Bonchev–Trinajstić information content (AvgIpc) is 2.72. The van der Waals surface area contributed by atoms with Crippen molar-refractivity contribution in [3.63, 3.8) is 0 Å². The van der Waals surface area contributed by atoms with E-state index >= 15 is 0 Å². The molecule has 0 bridgehead atoms. The highest BCUT2D eigenvalue weighted by Crippen LogP contribution is 2.35. The van der Waals surface area contributed by atoms with Gasteiger partial charge in [0.2, 0.25) is 11.8 Å². The normalized spacial score (nSPS) is 16.1. The van der Waals surface area contributed by atoms with E-state index in [1.165, 1.54) is 17.8 Å². The van der Waals surface area contributed by atoms with Gasteiger partial charge in [0.25, 0.3) is 0 Å². The molecule has 1 unspecified atom stereocenters. The number of carboxylic acid groups (broad SMARTS) is 1. The number of carbonyl (C=O) groups is 3. The van der Waals surface area contributed by atoms with Crippen molar-refractivity contribution in [3.05, 3.63) is 33.8 Å². The van der Waals surface area contributed by atoms with Crippen molar-refractivity contribution in [1.82, 2.24) is 10.2 Å². The maximum absolute atomic E-state index is 12.5. The number of thioether (sulfide) groups is 1. The number of piperidine rings is 1. The third-order valence-corrected chi connectivity index (χ3v) is 6.69. The predicted octanol–water partition coefficient (Wildman–Crippen LogP) is 3.95. The number of likely N-dealkylation sites (tertiary alicyclic amines) is 1. The lowest BCUT2D eigenvalue weighted by Crippen LogP contribution is -2.47. The summed E-state index contributed by atoms with van der Waals surface area (Å²) in [6.45, 7) is 2.58. The van der Waals surface area contributed by atoms with E-state index in [-0.39, 0.29) is 17.7 Å². The first kappa shape index (κ1) is 23.6. The summed E-state index contributed by atoms with van der Waals surface area (Å²) in [5.41, 5.74) is 0.663. The monoisotopic (exact) mass is 458 g/mol. The molecular weight excluding hydrogens is 435 g/mol. The van der Waals surface area contributed by atoms with Crippen LogP contribution in [0.4, 0.5) is 0 Å². The molecule has 1 atom stereocenters. The third kappa shape index (κ3) is 6.14. The minimum Gasteiger partial charge on any atom is -0.480 e. The summed E-state index contributed by atoms with van der Waals surface area (Å²) >= 11 is 14.0. The minimum absolute atomic E-state index is 0.165. The van der Waals surface area contributed by atoms with Gasteiger partial charge in [-0.05, 0) is 43.2 Å². The Morgan fingerprint density at radius 2 is 1.93 bits per heavy atom. The molecule has 29 heavy (non-hydrogen) atoms. The van der Waals surface area contributed by atoms with Gasteiger partial charge in [0.15, 0.2) is 0 Å². The van der Waals surface area contributed by atoms with Crippen LogP contribution in [-0.2, 0) is 14.4 Å². The van der Waals surface area contributed by atoms with E-state index in [0.717, 1.165) is 4.90 Å². The number of hydrogen-bond acceptors (Lipinski definition) is 4. The molecule has 1 aliphatic heterocycles. The fourth-order valence-corrected chi connectivity index (χ4v) is 4.26. The van der Waals surface area contributed by atoms with E-state index in [9.17, 15) is 14.4 Å². The number of nitrogens with zero attached hydrogens (tertiary/aromatic N) is 1. The van der Waals surface area contributed by atoms with Crippen LogP contribution < -0.4 is 5.32 Å². The fraction of sp³-hybridized carbons (Fsp3) is 0.450. The quantitative estimate of drug-likeness (QED) is 0.477. The molecule has 0 aromatic heterocycles. The van der Waals surface area contributed by atoms with Gasteiger partial charge in [-0.15, -0.1) is 11.8 Å². The van der Waals surface area contributed by atoms with Gasteiger partial charge < -0.3 is 15.3 Å². The van der Waals surface area contributed by atoms with E-state index in [1.807, 2.05) is 18.4 Å². The minimum atomic E-state index is -1.04. The zero-order chi connectivity index (χ0) is 21.6. The molecule has 2 rings (SSSR count). The Morgan fingerprint density at radius 3 is 2.48 bits per heavy atom. The van der Waals surface area contributed by atoms with Crippen LogP contribution in [0.1, 0.15) is 31.7 Å². The van der Waals surface area contributed by atoms with E-state index in [4.69, 9.17) is 28.3 Å². The molecule has 2 N–H and O–H groups in total. The largest absolute Gasteiger partial charge is 0.480 e. The van der Waals surface area contributed by atoms with Crippen molar-refractivity contribution >= 4 is 58.8 Å². The maximum Gasteiger partial charge on any atom is 0.326 e. The Balaban J connectivity index is 1.92. The zero-order valence-corrected chi connectivity index (χ0v) is 18.6. The second-order valence-electron chi connectivity index (χ2n) is 6.73. The number of hydrogen-bond donors (Lipinski definition) is 2. The van der Waals surface area contributed by atoms with Crippen LogP contribution in [0.15, 0.2) is 23.1 Å². The van der Waals surface area contributed by atoms with Crippen molar-refractivity contribution in [2.45, 2.75) is 37.1 Å². The van der Waals surface area contributed by atoms with Crippen molar-refractivity contribution < 1.29 is 19.5 Å². The average molecular weight is 459 g/mol. The smallest absolute Gasteiger partial charge is 0.326 e. The Hall–Kier alpha value is -1.70. The topological polar surface area (TPSA) is 86.7 Å². The molecular formula is C20H24Cl2N2O4S. The highest BCUT2D eigenvalue weighted by molar-refractivity contribution is 7.98. The van der Waals surface area contributed by atoms with Gasteiger partial charge in [-0.2, -0.15) is 0 Å². The predicted molar refractivity (Wildman–Crippen MR) is 116 cm³/mol. The third-order valence-electron chi connectivity index (χ3n) is 4.90. The summed E-state index contributed by atoms with van der Waals surface area (Å²) in [6.07, 6.45) is 6.32. The molecule has 6 nitrogen and oxygen atoms in total. The second-order valence-corrected chi connectivity index (χ2v) is 8.33. The lowest BCUT2D eigenvalue weighted by molar-refractivity contribution is -0.143. The number of aliphatic carboxylic acids is 1. The summed E-state index contributed by atoms with van der Waals surface area (Å²) in [6, 6.07) is 2.79. The standard InChI is InChI=1S/C20H24Cl2N2O4S/c1-3-14(20(27)28)23-19(26)13-8-10-24(11-9-13)16(25)7-5-12-4-6-15(29-2)18(22)17(12)21/h4-7,13-14H,3,8-11H2,1-2H3,(H,23,26)(H,27,28). The van der Waals surface area contributed by atoms with Crippen LogP contribution >= 0.6 is 35.0 Å². The van der Waals surface area contributed by atoms with Crippen LogP contribution in [0.2, 0.25) is 10.0 Å². The number of rotatable bonds is 7.